The summed E-state index contributed by atoms with van der Waals surface area (Å²) < 4.78 is 26.7. The van der Waals surface area contributed by atoms with E-state index < -0.39 is 73.3 Å². The van der Waals surface area contributed by atoms with Gasteiger partial charge in [-0.05, 0) is 12.0 Å². The highest BCUT2D eigenvalue weighted by Gasteiger charge is 2.50. The summed E-state index contributed by atoms with van der Waals surface area (Å²) in [5.74, 6) is -3.66. The topological polar surface area (TPSA) is 199 Å². The van der Waals surface area contributed by atoms with E-state index in [9.17, 15) is 34.8 Å². The number of aliphatic hydroxyl groups is 4. The van der Waals surface area contributed by atoms with Crippen molar-refractivity contribution in [1.82, 2.24) is 0 Å². The lowest BCUT2D eigenvalue weighted by atomic mass is 9.83. The Balaban J connectivity index is 1.76. The molecule has 0 saturated carbocycles. The van der Waals surface area contributed by atoms with E-state index in [1.807, 2.05) is 0 Å². The molecule has 2 heterocycles. The summed E-state index contributed by atoms with van der Waals surface area (Å²) in [4.78, 5) is 34.7. The van der Waals surface area contributed by atoms with Crippen LogP contribution in [0.2, 0.25) is 0 Å². The summed E-state index contributed by atoms with van der Waals surface area (Å²) in [5.41, 5.74) is 0.738. The number of carbonyl (C=O) groups is 3. The number of hydrogen-bond donors (Lipinski definition) is 5. The third-order valence-electron chi connectivity index (χ3n) is 6.00. The maximum atomic E-state index is 12.2. The number of aliphatic carboxylic acids is 1. The second-order valence-electron chi connectivity index (χ2n) is 8.10. The van der Waals surface area contributed by atoms with Crippen molar-refractivity contribution in [3.05, 3.63) is 23.5 Å². The molecule has 0 bridgehead atoms. The number of aliphatic hydroxyl groups excluding tert-OH is 4. The van der Waals surface area contributed by atoms with Crippen LogP contribution in [-0.2, 0) is 38.1 Å². The number of esters is 2. The Hall–Kier alpha value is -2.55. The Morgan fingerprint density at radius 1 is 1.09 bits per heavy atom. The highest BCUT2D eigenvalue weighted by molar-refractivity contribution is 5.89. The minimum atomic E-state index is -1.67. The quantitative estimate of drug-likeness (QED) is 0.180. The van der Waals surface area contributed by atoms with E-state index in [0.717, 1.165) is 6.26 Å². The Morgan fingerprint density at radius 2 is 1.82 bits per heavy atom. The zero-order chi connectivity index (χ0) is 25.0. The predicted molar refractivity (Wildman–Crippen MR) is 107 cm³/mol. The molecule has 0 aromatic heterocycles. The SMILES string of the molecule is COC(=O)C1=CO[C@@H](O[C@@H]2O[C@H](CO)[C@@H](O)[C@H](O)[C@H]2O)[C@@H]2C(COC(=O)CCC(=O)O)=CC[C@H]12. The van der Waals surface area contributed by atoms with Crippen LogP contribution in [0.4, 0.5) is 0 Å². The molecular weight excluding hydrogens is 460 g/mol. The van der Waals surface area contributed by atoms with E-state index >= 15 is 0 Å². The van der Waals surface area contributed by atoms with E-state index in [-0.39, 0.29) is 25.0 Å². The Labute approximate surface area is 194 Å². The smallest absolute Gasteiger partial charge is 0.337 e. The first-order valence-electron chi connectivity index (χ1n) is 10.6. The van der Waals surface area contributed by atoms with E-state index in [1.54, 1.807) is 6.08 Å². The van der Waals surface area contributed by atoms with Crippen molar-refractivity contribution in [2.75, 3.05) is 20.3 Å². The van der Waals surface area contributed by atoms with Gasteiger partial charge in [0.25, 0.3) is 0 Å². The van der Waals surface area contributed by atoms with Crippen LogP contribution in [-0.4, -0.2) is 101 Å². The fourth-order valence-electron chi connectivity index (χ4n) is 4.16. The number of carboxylic acids is 1. The molecule has 34 heavy (non-hydrogen) atoms. The second-order valence-corrected chi connectivity index (χ2v) is 8.10. The molecule has 0 aromatic carbocycles. The summed E-state index contributed by atoms with van der Waals surface area (Å²) in [6, 6.07) is 0. The fraction of sp³-hybridized carbons (Fsp3) is 0.667. The van der Waals surface area contributed by atoms with E-state index in [1.165, 1.54) is 7.11 Å². The monoisotopic (exact) mass is 488 g/mol. The van der Waals surface area contributed by atoms with Crippen LogP contribution < -0.4 is 0 Å². The molecule has 5 N–H and O–H groups in total. The van der Waals surface area contributed by atoms with Gasteiger partial charge in [-0.1, -0.05) is 6.08 Å². The van der Waals surface area contributed by atoms with Crippen molar-refractivity contribution >= 4 is 17.9 Å². The number of allylic oxidation sites excluding steroid dienone is 1. The lowest BCUT2D eigenvalue weighted by Crippen LogP contribution is -2.60. The van der Waals surface area contributed by atoms with Crippen molar-refractivity contribution < 1.29 is 63.6 Å². The molecule has 1 saturated heterocycles. The van der Waals surface area contributed by atoms with Gasteiger partial charge in [-0.15, -0.1) is 0 Å². The third-order valence-corrected chi connectivity index (χ3v) is 6.00. The summed E-state index contributed by atoms with van der Waals surface area (Å²) in [6.45, 7) is -0.863. The predicted octanol–water partition coefficient (Wildman–Crippen LogP) is -1.81. The molecule has 0 radical (unpaired) electrons. The van der Waals surface area contributed by atoms with Crippen LogP contribution in [0.15, 0.2) is 23.5 Å². The molecule has 1 aliphatic carbocycles. The van der Waals surface area contributed by atoms with Gasteiger partial charge in [0.05, 0.1) is 44.3 Å². The molecule has 13 heteroatoms. The first-order valence-corrected chi connectivity index (χ1v) is 10.6. The van der Waals surface area contributed by atoms with Gasteiger partial charge in [0.1, 0.15) is 31.0 Å². The number of fused-ring (bicyclic) bond motifs is 1. The first kappa shape index (κ1) is 26.1. The maximum Gasteiger partial charge on any atom is 0.337 e. The first-order chi connectivity index (χ1) is 16.2. The highest BCUT2D eigenvalue weighted by atomic mass is 16.8. The van der Waals surface area contributed by atoms with Gasteiger partial charge in [0, 0.05) is 5.92 Å². The zero-order valence-corrected chi connectivity index (χ0v) is 18.3. The van der Waals surface area contributed by atoms with Gasteiger partial charge < -0.3 is 49.2 Å². The molecule has 3 aliphatic rings. The van der Waals surface area contributed by atoms with Crippen molar-refractivity contribution in [2.45, 2.75) is 56.3 Å². The zero-order valence-electron chi connectivity index (χ0n) is 18.3. The number of methoxy groups -OCH3 is 1. The summed E-state index contributed by atoms with van der Waals surface area (Å²) in [5, 5.41) is 48.4. The molecule has 8 atom stereocenters. The number of carbonyl (C=O) groups excluding carboxylic acids is 2. The normalized spacial score (nSPS) is 34.9. The minimum Gasteiger partial charge on any atom is -0.481 e. The van der Waals surface area contributed by atoms with Gasteiger partial charge >= 0.3 is 17.9 Å². The van der Waals surface area contributed by atoms with Crippen LogP contribution >= 0.6 is 0 Å². The average Bonchev–Trinajstić information content (AvgIpc) is 3.25. The summed E-state index contributed by atoms with van der Waals surface area (Å²) >= 11 is 0. The van der Waals surface area contributed by atoms with Gasteiger partial charge in [-0.3, -0.25) is 9.59 Å². The van der Waals surface area contributed by atoms with Gasteiger partial charge in [-0.25, -0.2) is 4.79 Å². The average molecular weight is 488 g/mol. The van der Waals surface area contributed by atoms with Crippen molar-refractivity contribution in [2.24, 2.45) is 11.8 Å². The number of ether oxygens (including phenoxy) is 5. The minimum absolute atomic E-state index is 0.213. The van der Waals surface area contributed by atoms with E-state index in [0.29, 0.717) is 12.0 Å². The van der Waals surface area contributed by atoms with Crippen molar-refractivity contribution in [1.29, 1.82) is 0 Å². The molecule has 190 valence electrons. The molecular formula is C21H28O13. The van der Waals surface area contributed by atoms with Crippen LogP contribution in [0.1, 0.15) is 19.3 Å². The standard InChI is InChI=1S/C21H28O13/c1-30-19(29)11-8-32-20(34-21-18(28)17(27)16(26)12(6-22)33-21)15-9(2-3-10(11)15)7-31-14(25)5-4-13(23)24/h2,8,10,12,15-18,20-22,26-28H,3-7H2,1H3,(H,23,24)/t10-,12-,15-,16-,17+,18-,20+,21+/m1/s1. The Bertz CT molecular complexity index is 835. The lowest BCUT2D eigenvalue weighted by Gasteiger charge is -2.42. The van der Waals surface area contributed by atoms with Crippen LogP contribution in [0.5, 0.6) is 0 Å². The van der Waals surface area contributed by atoms with Gasteiger partial charge in [0.15, 0.2) is 6.29 Å². The molecule has 2 aliphatic heterocycles. The third kappa shape index (κ3) is 5.56. The van der Waals surface area contributed by atoms with E-state index in [4.69, 9.17) is 28.8 Å². The van der Waals surface area contributed by atoms with Gasteiger partial charge in [0.2, 0.25) is 6.29 Å². The maximum absolute atomic E-state index is 12.2. The molecule has 1 fully saturated rings. The molecule has 0 spiro atoms. The largest absolute Gasteiger partial charge is 0.481 e. The van der Waals surface area contributed by atoms with Crippen LogP contribution in [0, 0.1) is 11.8 Å². The van der Waals surface area contributed by atoms with Gasteiger partial charge in [-0.2, -0.15) is 0 Å². The lowest BCUT2D eigenvalue weighted by molar-refractivity contribution is -0.339. The molecule has 0 amide bonds. The van der Waals surface area contributed by atoms with Crippen molar-refractivity contribution in [3.8, 4) is 0 Å². The number of rotatable bonds is 9. The molecule has 13 nitrogen and oxygen atoms in total. The summed E-state index contributed by atoms with van der Waals surface area (Å²) in [6.07, 6.45) is -6.20. The fourth-order valence-corrected chi connectivity index (χ4v) is 4.16. The molecule has 3 rings (SSSR count). The van der Waals surface area contributed by atoms with E-state index in [2.05, 4.69) is 0 Å². The molecule has 0 aromatic rings. The number of carboxylic acid groups (broad SMARTS) is 1. The van der Waals surface area contributed by atoms with Crippen LogP contribution in [0.3, 0.4) is 0 Å². The second kappa shape index (κ2) is 11.3. The Kier molecular flexibility index (Phi) is 8.62. The summed E-state index contributed by atoms with van der Waals surface area (Å²) in [7, 11) is 1.21. The van der Waals surface area contributed by atoms with Crippen LogP contribution in [0.25, 0.3) is 0 Å². The van der Waals surface area contributed by atoms with Crippen molar-refractivity contribution in [3.63, 3.8) is 0 Å². The Morgan fingerprint density at radius 3 is 2.47 bits per heavy atom. The number of hydrogen-bond acceptors (Lipinski definition) is 12. The molecule has 0 unspecified atom stereocenters. The highest BCUT2D eigenvalue weighted by Crippen LogP contribution is 2.44.